The molecule has 0 saturated carbocycles. The lowest BCUT2D eigenvalue weighted by Crippen LogP contribution is -2.55. The Morgan fingerprint density at radius 1 is 0.968 bits per heavy atom. The van der Waals surface area contributed by atoms with Crippen LogP contribution in [0.1, 0.15) is 59.3 Å². The summed E-state index contributed by atoms with van der Waals surface area (Å²) in [5.74, 6) is 1.80. The maximum absolute atomic E-state index is 12.7. The lowest BCUT2D eigenvalue weighted by atomic mass is 9.78. The molecule has 1 amide bonds. The van der Waals surface area contributed by atoms with Crippen LogP contribution in [-0.4, -0.2) is 98.7 Å². The van der Waals surface area contributed by atoms with Crippen molar-refractivity contribution in [1.29, 1.82) is 0 Å². The summed E-state index contributed by atoms with van der Waals surface area (Å²) >= 11 is 0. The number of hydrogen-bond donors (Lipinski definition) is 1. The predicted molar refractivity (Wildman–Crippen MR) is 126 cm³/mol. The third-order valence-corrected chi connectivity index (χ3v) is 7.02. The van der Waals surface area contributed by atoms with Crippen LogP contribution in [0.3, 0.4) is 0 Å². The monoisotopic (exact) mass is 435 g/mol. The third kappa shape index (κ3) is 7.07. The molecule has 31 heavy (non-hydrogen) atoms. The Bertz CT molecular complexity index is 587. The van der Waals surface area contributed by atoms with Crippen molar-refractivity contribution >= 4 is 11.9 Å². The summed E-state index contributed by atoms with van der Waals surface area (Å²) in [6.07, 6.45) is 7.47. The molecule has 0 radical (unpaired) electrons. The van der Waals surface area contributed by atoms with Gasteiger partial charge in [0.1, 0.15) is 0 Å². The zero-order valence-corrected chi connectivity index (χ0v) is 20.4. The summed E-state index contributed by atoms with van der Waals surface area (Å²) in [4.78, 5) is 24.0. The van der Waals surface area contributed by atoms with Crippen LogP contribution in [0.25, 0.3) is 0 Å². The van der Waals surface area contributed by atoms with Crippen LogP contribution in [0, 0.1) is 11.3 Å². The van der Waals surface area contributed by atoms with Gasteiger partial charge in [0.15, 0.2) is 5.96 Å². The highest BCUT2D eigenvalue weighted by Crippen LogP contribution is 2.33. The molecule has 3 aliphatic rings. The van der Waals surface area contributed by atoms with Gasteiger partial charge in [-0.25, -0.2) is 0 Å². The lowest BCUT2D eigenvalue weighted by Gasteiger charge is -2.41. The van der Waals surface area contributed by atoms with E-state index in [9.17, 15) is 4.79 Å². The van der Waals surface area contributed by atoms with Gasteiger partial charge in [-0.05, 0) is 31.1 Å². The summed E-state index contributed by atoms with van der Waals surface area (Å²) in [5, 5.41) is 3.63. The Morgan fingerprint density at radius 2 is 1.65 bits per heavy atom. The minimum atomic E-state index is 0.155. The van der Waals surface area contributed by atoms with Crippen LogP contribution >= 0.6 is 0 Å². The van der Waals surface area contributed by atoms with E-state index in [1.54, 1.807) is 0 Å². The van der Waals surface area contributed by atoms with Crippen molar-refractivity contribution < 1.29 is 9.53 Å². The highest BCUT2D eigenvalue weighted by molar-refractivity contribution is 5.80. The molecule has 3 rings (SSSR count). The van der Waals surface area contributed by atoms with E-state index in [4.69, 9.17) is 4.74 Å². The summed E-state index contributed by atoms with van der Waals surface area (Å²) in [7, 11) is 1.87. The van der Waals surface area contributed by atoms with Crippen LogP contribution in [0.15, 0.2) is 4.99 Å². The van der Waals surface area contributed by atoms with Gasteiger partial charge >= 0.3 is 0 Å². The minimum Gasteiger partial charge on any atom is -0.377 e. The second kappa shape index (κ2) is 11.5. The number of likely N-dealkylation sites (tertiary alicyclic amines) is 1. The van der Waals surface area contributed by atoms with Crippen molar-refractivity contribution in [3.05, 3.63) is 0 Å². The van der Waals surface area contributed by atoms with Crippen molar-refractivity contribution in [3.8, 4) is 0 Å². The Labute approximate surface area is 189 Å². The Kier molecular flexibility index (Phi) is 9.02. The number of nitrogens with zero attached hydrogens (tertiary/aromatic N) is 4. The molecular weight excluding hydrogens is 390 g/mol. The smallest absolute Gasteiger partial charge is 0.236 e. The van der Waals surface area contributed by atoms with Gasteiger partial charge in [0, 0.05) is 65.4 Å². The lowest BCUT2D eigenvalue weighted by molar-refractivity contribution is -0.132. The van der Waals surface area contributed by atoms with Gasteiger partial charge in [-0.15, -0.1) is 0 Å². The Hall–Kier alpha value is -1.34. The summed E-state index contributed by atoms with van der Waals surface area (Å²) < 4.78 is 6.14. The number of nitrogens with one attached hydrogen (secondary N) is 1. The molecule has 7 nitrogen and oxygen atoms in total. The van der Waals surface area contributed by atoms with Gasteiger partial charge < -0.3 is 19.9 Å². The molecule has 0 aromatic carbocycles. The molecule has 3 fully saturated rings. The molecule has 0 aliphatic carbocycles. The zero-order chi connectivity index (χ0) is 22.3. The highest BCUT2D eigenvalue weighted by atomic mass is 16.5. The van der Waals surface area contributed by atoms with Gasteiger partial charge in [-0.1, -0.05) is 33.6 Å². The number of hydrogen-bond acceptors (Lipinski definition) is 4. The van der Waals surface area contributed by atoms with Crippen molar-refractivity contribution in [2.24, 2.45) is 16.3 Å². The van der Waals surface area contributed by atoms with Crippen molar-refractivity contribution in [2.75, 3.05) is 66.0 Å². The van der Waals surface area contributed by atoms with Crippen molar-refractivity contribution in [1.82, 2.24) is 20.0 Å². The number of carbonyl (C=O) groups excluding carboxylic acids is 1. The summed E-state index contributed by atoms with van der Waals surface area (Å²) in [6, 6.07) is 0. The van der Waals surface area contributed by atoms with Crippen molar-refractivity contribution in [2.45, 2.75) is 65.4 Å². The van der Waals surface area contributed by atoms with E-state index in [1.807, 2.05) is 7.05 Å². The molecule has 1 N–H and O–H groups in total. The first-order valence-electron chi connectivity index (χ1n) is 12.5. The van der Waals surface area contributed by atoms with E-state index >= 15 is 0 Å². The molecule has 0 bridgehead atoms. The predicted octanol–water partition coefficient (Wildman–Crippen LogP) is 2.42. The van der Waals surface area contributed by atoms with Crippen LogP contribution in [0.2, 0.25) is 0 Å². The molecule has 7 heteroatoms. The van der Waals surface area contributed by atoms with Gasteiger partial charge in [0.2, 0.25) is 5.91 Å². The first-order chi connectivity index (χ1) is 14.9. The maximum atomic E-state index is 12.7. The molecule has 2 atom stereocenters. The normalized spacial score (nSPS) is 27.2. The van der Waals surface area contributed by atoms with E-state index in [-0.39, 0.29) is 11.5 Å². The fourth-order valence-electron chi connectivity index (χ4n) is 5.29. The zero-order valence-electron chi connectivity index (χ0n) is 20.4. The topological polar surface area (TPSA) is 60.4 Å². The molecular formula is C24H45N5O2. The molecule has 3 saturated heterocycles. The number of amides is 1. The Balaban J connectivity index is 1.44. The van der Waals surface area contributed by atoms with Crippen LogP contribution < -0.4 is 5.32 Å². The van der Waals surface area contributed by atoms with Gasteiger partial charge in [-0.2, -0.15) is 0 Å². The fraction of sp³-hybridized carbons (Fsp3) is 0.917. The second-order valence-corrected chi connectivity index (χ2v) is 10.5. The van der Waals surface area contributed by atoms with E-state index in [1.165, 1.54) is 19.3 Å². The molecule has 3 heterocycles. The van der Waals surface area contributed by atoms with E-state index in [0.717, 1.165) is 77.6 Å². The van der Waals surface area contributed by atoms with Gasteiger partial charge in [-0.3, -0.25) is 14.7 Å². The minimum absolute atomic E-state index is 0.155. The van der Waals surface area contributed by atoms with Crippen LogP contribution in [-0.2, 0) is 9.53 Å². The molecule has 0 aromatic rings. The highest BCUT2D eigenvalue weighted by Gasteiger charge is 2.35. The Morgan fingerprint density at radius 3 is 2.26 bits per heavy atom. The second-order valence-electron chi connectivity index (χ2n) is 10.5. The number of aliphatic imine (C=N–C) groups is 1. The van der Waals surface area contributed by atoms with E-state index < -0.39 is 0 Å². The molecule has 2 unspecified atom stereocenters. The number of piperazine rings is 1. The molecule has 0 spiro atoms. The number of guanidine groups is 1. The maximum Gasteiger partial charge on any atom is 0.236 e. The molecule has 178 valence electrons. The quantitative estimate of drug-likeness (QED) is 0.543. The van der Waals surface area contributed by atoms with Crippen LogP contribution in [0.4, 0.5) is 0 Å². The SMILES string of the molecule is CN=C(NCC1CCCOC1C(C)(C)C)N1CCN(CC(=O)N2CCCCCC2)CC1. The van der Waals surface area contributed by atoms with Crippen molar-refractivity contribution in [3.63, 3.8) is 0 Å². The number of ether oxygens (including phenoxy) is 1. The average molecular weight is 436 g/mol. The number of carbonyl (C=O) groups is 1. The standard InChI is InChI=1S/C24H45N5O2/c1-24(2,3)22-20(10-9-17-31-22)18-26-23(25-4)29-15-13-27(14-16-29)19-21(30)28-11-7-5-6-8-12-28/h20,22H,5-19H2,1-4H3,(H,25,26). The van der Waals surface area contributed by atoms with Crippen LogP contribution in [0.5, 0.6) is 0 Å². The fourth-order valence-corrected chi connectivity index (χ4v) is 5.29. The number of rotatable bonds is 4. The molecule has 3 aliphatic heterocycles. The first-order valence-corrected chi connectivity index (χ1v) is 12.5. The van der Waals surface area contributed by atoms with Gasteiger partial charge in [0.25, 0.3) is 0 Å². The van der Waals surface area contributed by atoms with Gasteiger partial charge in [0.05, 0.1) is 12.6 Å². The largest absolute Gasteiger partial charge is 0.377 e. The van der Waals surface area contributed by atoms with E-state index in [2.05, 4.69) is 45.8 Å². The molecule has 0 aromatic heterocycles. The van der Waals surface area contributed by atoms with E-state index in [0.29, 0.717) is 18.4 Å². The average Bonchev–Trinajstić information content (AvgIpc) is 3.04. The third-order valence-electron chi connectivity index (χ3n) is 7.02. The summed E-state index contributed by atoms with van der Waals surface area (Å²) in [6.45, 7) is 14.7. The first kappa shape index (κ1) is 24.3. The summed E-state index contributed by atoms with van der Waals surface area (Å²) in [5.41, 5.74) is 0.155.